The Morgan fingerprint density at radius 1 is 1.24 bits per heavy atom. The van der Waals surface area contributed by atoms with Gasteiger partial charge in [0.2, 0.25) is 5.16 Å². The molecule has 2 N–H and O–H groups in total. The van der Waals surface area contributed by atoms with Gasteiger partial charge >= 0.3 is 0 Å². The van der Waals surface area contributed by atoms with Crippen LogP contribution >= 0.6 is 11.8 Å². The van der Waals surface area contributed by atoms with Crippen molar-refractivity contribution in [3.8, 4) is 11.5 Å². The van der Waals surface area contributed by atoms with Gasteiger partial charge in [-0.05, 0) is 31.2 Å². The predicted molar refractivity (Wildman–Crippen MR) is 80.4 cm³/mol. The van der Waals surface area contributed by atoms with E-state index in [0.717, 1.165) is 16.2 Å². The summed E-state index contributed by atoms with van der Waals surface area (Å²) in [6.45, 7) is 2.03. The lowest BCUT2D eigenvalue weighted by Crippen LogP contribution is -2.32. The molecule has 0 bridgehead atoms. The summed E-state index contributed by atoms with van der Waals surface area (Å²) in [5.74, 6) is 7.76. The fourth-order valence-electron chi connectivity index (χ4n) is 1.53. The van der Waals surface area contributed by atoms with Crippen LogP contribution in [0.5, 0.6) is 11.5 Å². The summed E-state index contributed by atoms with van der Waals surface area (Å²) in [6, 6.07) is 7.30. The first-order chi connectivity index (χ1) is 10.1. The first-order valence-electron chi connectivity index (χ1n) is 6.23. The summed E-state index contributed by atoms with van der Waals surface area (Å²) in [4.78, 5) is 11.6. The molecule has 8 heteroatoms. The smallest absolute Gasteiger partial charge is 0.294 e. The van der Waals surface area contributed by atoms with E-state index in [1.807, 2.05) is 24.3 Å². The quantitative estimate of drug-likeness (QED) is 0.480. The third-order valence-electron chi connectivity index (χ3n) is 2.66. The van der Waals surface area contributed by atoms with Crippen molar-refractivity contribution in [1.29, 1.82) is 0 Å². The number of benzene rings is 1. The zero-order valence-corrected chi connectivity index (χ0v) is 12.6. The zero-order chi connectivity index (χ0) is 15.2. The summed E-state index contributed by atoms with van der Waals surface area (Å²) >= 11 is 1.31. The molecule has 0 aliphatic carbocycles. The third-order valence-corrected chi connectivity index (χ3v) is 3.57. The Kier molecular flexibility index (Phi) is 5.04. The van der Waals surface area contributed by atoms with Crippen LogP contribution in [0.2, 0.25) is 0 Å². The van der Waals surface area contributed by atoms with Crippen LogP contribution in [-0.4, -0.2) is 34.3 Å². The Hall–Kier alpha value is -2.22. The predicted octanol–water partition coefficient (Wildman–Crippen LogP) is 0.840. The molecule has 2 rings (SSSR count). The van der Waals surface area contributed by atoms with Gasteiger partial charge in [0, 0.05) is 5.75 Å². The average Bonchev–Trinajstić information content (AvgIpc) is 2.51. The second-order valence-corrected chi connectivity index (χ2v) is 5.18. The molecule has 0 saturated heterocycles. The fourth-order valence-corrected chi connectivity index (χ4v) is 2.20. The second kappa shape index (κ2) is 6.98. The molecule has 2 aromatic rings. The van der Waals surface area contributed by atoms with Crippen molar-refractivity contribution in [1.82, 2.24) is 14.9 Å². The minimum Gasteiger partial charge on any atom is -0.497 e. The molecule has 0 atom stereocenters. The number of aryl methyl sites for hydroxylation is 1. The maximum Gasteiger partial charge on any atom is 0.294 e. The van der Waals surface area contributed by atoms with E-state index >= 15 is 0 Å². The van der Waals surface area contributed by atoms with Gasteiger partial charge in [-0.15, -0.1) is 10.2 Å². The second-order valence-electron chi connectivity index (χ2n) is 4.12. The Morgan fingerprint density at radius 3 is 2.57 bits per heavy atom. The van der Waals surface area contributed by atoms with E-state index in [0.29, 0.717) is 17.5 Å². The van der Waals surface area contributed by atoms with Crippen molar-refractivity contribution in [2.45, 2.75) is 12.1 Å². The number of nitrogens with zero attached hydrogens (tertiary/aromatic N) is 3. The largest absolute Gasteiger partial charge is 0.497 e. The molecule has 1 heterocycles. The first kappa shape index (κ1) is 15.2. The Labute approximate surface area is 126 Å². The van der Waals surface area contributed by atoms with Gasteiger partial charge < -0.3 is 15.3 Å². The molecule has 0 saturated carbocycles. The molecule has 0 radical (unpaired) electrons. The van der Waals surface area contributed by atoms with Crippen LogP contribution in [0.15, 0.2) is 34.2 Å². The van der Waals surface area contributed by atoms with Gasteiger partial charge in [0.25, 0.3) is 5.56 Å². The number of ether oxygens (including phenoxy) is 2. The topological polar surface area (TPSA) is 92.3 Å². The Morgan fingerprint density at radius 2 is 1.90 bits per heavy atom. The number of hydrogen-bond acceptors (Lipinski definition) is 7. The fraction of sp³-hybridized carbons (Fsp3) is 0.308. The van der Waals surface area contributed by atoms with E-state index in [1.54, 1.807) is 14.0 Å². The van der Waals surface area contributed by atoms with E-state index in [2.05, 4.69) is 10.2 Å². The molecule has 0 spiro atoms. The number of nitrogens with two attached hydrogens (primary N) is 1. The lowest BCUT2D eigenvalue weighted by molar-refractivity contribution is 0.342. The number of hydrogen-bond donors (Lipinski definition) is 1. The highest BCUT2D eigenvalue weighted by molar-refractivity contribution is 7.99. The van der Waals surface area contributed by atoms with Gasteiger partial charge in [-0.25, -0.2) is 0 Å². The maximum atomic E-state index is 11.6. The minimum atomic E-state index is -0.344. The van der Waals surface area contributed by atoms with Crippen LogP contribution in [0.25, 0.3) is 0 Å². The standard InChI is InChI=1S/C13H16N4O3S/c1-9-12(18)17(14)13(16-15-9)21-8-7-20-11-5-3-10(19-2)4-6-11/h3-6H,7-8,14H2,1-2H3. The summed E-state index contributed by atoms with van der Waals surface area (Å²) in [6.07, 6.45) is 0. The van der Waals surface area contributed by atoms with Gasteiger partial charge in [0.1, 0.15) is 17.2 Å². The molecular weight excluding hydrogens is 292 g/mol. The lowest BCUT2D eigenvalue weighted by atomic mass is 10.3. The highest BCUT2D eigenvalue weighted by Crippen LogP contribution is 2.18. The number of rotatable bonds is 6. The van der Waals surface area contributed by atoms with Gasteiger partial charge in [-0.2, -0.15) is 4.68 Å². The molecule has 7 nitrogen and oxygen atoms in total. The Balaban J connectivity index is 1.84. The monoisotopic (exact) mass is 308 g/mol. The summed E-state index contributed by atoms with van der Waals surface area (Å²) in [5, 5.41) is 8.01. The minimum absolute atomic E-state index is 0.274. The highest BCUT2D eigenvalue weighted by Gasteiger charge is 2.07. The number of nitrogen functional groups attached to an aromatic ring is 1. The zero-order valence-electron chi connectivity index (χ0n) is 11.8. The van der Waals surface area contributed by atoms with Crippen LogP contribution in [0.1, 0.15) is 5.69 Å². The lowest BCUT2D eigenvalue weighted by Gasteiger charge is -2.08. The molecule has 0 unspecified atom stereocenters. The van der Waals surface area contributed by atoms with Gasteiger partial charge in [0.05, 0.1) is 13.7 Å². The molecule has 1 aromatic heterocycles. The van der Waals surface area contributed by atoms with Crippen molar-refractivity contribution in [3.05, 3.63) is 40.3 Å². The van der Waals surface area contributed by atoms with Gasteiger partial charge in [-0.3, -0.25) is 4.79 Å². The number of methoxy groups -OCH3 is 1. The molecule has 112 valence electrons. The molecule has 0 amide bonds. The van der Waals surface area contributed by atoms with Crippen LogP contribution in [0.3, 0.4) is 0 Å². The van der Waals surface area contributed by atoms with E-state index in [9.17, 15) is 4.79 Å². The molecule has 21 heavy (non-hydrogen) atoms. The number of aromatic nitrogens is 3. The van der Waals surface area contributed by atoms with Crippen LogP contribution in [0, 0.1) is 6.92 Å². The molecule has 0 fully saturated rings. The van der Waals surface area contributed by atoms with Crippen LogP contribution in [-0.2, 0) is 0 Å². The summed E-state index contributed by atoms with van der Waals surface area (Å²) in [7, 11) is 1.61. The maximum absolute atomic E-state index is 11.6. The SMILES string of the molecule is COc1ccc(OCCSc2nnc(C)c(=O)n2N)cc1. The Bertz CT molecular complexity index is 657. The van der Waals surface area contributed by atoms with Crippen LogP contribution < -0.4 is 20.9 Å². The van der Waals surface area contributed by atoms with Crippen LogP contribution in [0.4, 0.5) is 0 Å². The van der Waals surface area contributed by atoms with Crippen molar-refractivity contribution in [2.75, 3.05) is 25.3 Å². The molecule has 0 aliphatic heterocycles. The van der Waals surface area contributed by atoms with Gasteiger partial charge in [-0.1, -0.05) is 11.8 Å². The summed E-state index contributed by atoms with van der Waals surface area (Å²) < 4.78 is 11.6. The highest BCUT2D eigenvalue weighted by atomic mass is 32.2. The van der Waals surface area contributed by atoms with E-state index < -0.39 is 0 Å². The van der Waals surface area contributed by atoms with Crippen molar-refractivity contribution in [2.24, 2.45) is 0 Å². The van der Waals surface area contributed by atoms with Crippen molar-refractivity contribution >= 4 is 11.8 Å². The average molecular weight is 308 g/mol. The molecule has 0 aliphatic rings. The number of thioether (sulfide) groups is 1. The van der Waals surface area contributed by atoms with E-state index in [1.165, 1.54) is 11.8 Å². The third kappa shape index (κ3) is 3.88. The first-order valence-corrected chi connectivity index (χ1v) is 7.21. The van der Waals surface area contributed by atoms with E-state index in [4.69, 9.17) is 15.3 Å². The van der Waals surface area contributed by atoms with E-state index in [-0.39, 0.29) is 11.3 Å². The molecular formula is C13H16N4O3S. The normalized spacial score (nSPS) is 10.4. The van der Waals surface area contributed by atoms with Gasteiger partial charge in [0.15, 0.2) is 0 Å². The summed E-state index contributed by atoms with van der Waals surface area (Å²) in [5.41, 5.74) is -0.0695. The molecule has 1 aromatic carbocycles. The van der Waals surface area contributed by atoms with Crippen molar-refractivity contribution < 1.29 is 9.47 Å². The van der Waals surface area contributed by atoms with Crippen molar-refractivity contribution in [3.63, 3.8) is 0 Å².